The predicted molar refractivity (Wildman–Crippen MR) is 116 cm³/mol. The van der Waals surface area contributed by atoms with Gasteiger partial charge >= 0.3 is 8.60 Å². The van der Waals surface area contributed by atoms with Gasteiger partial charge in [-0.2, -0.15) is 5.06 Å². The van der Waals surface area contributed by atoms with Gasteiger partial charge in [0, 0.05) is 36.3 Å². The maximum Gasteiger partial charge on any atom is 0.351 e. The van der Waals surface area contributed by atoms with Crippen LogP contribution >= 0.6 is 8.60 Å². The summed E-state index contributed by atoms with van der Waals surface area (Å²) in [7, 11) is -1.79. The molecule has 0 aromatic heterocycles. The highest BCUT2D eigenvalue weighted by molar-refractivity contribution is 7.41. The minimum Gasteiger partial charge on any atom is -0.306 e. The number of non-ortho nitro benzene ring substituents is 2. The van der Waals surface area contributed by atoms with Crippen molar-refractivity contribution in [3.63, 3.8) is 0 Å². The average molecular weight is 451 g/mol. The Bertz CT molecular complexity index is 791. The molecule has 0 saturated carbocycles. The zero-order valence-electron chi connectivity index (χ0n) is 17.8. The SMILES string of the molecule is CC(C)N(OP(OCc1ccc([N+](=O)[O-])cc1)OCc1ccc([N+](=O)[O-])cc1)C(C)C. The third-order valence-electron chi connectivity index (χ3n) is 4.15. The third kappa shape index (κ3) is 7.93. The van der Waals surface area contributed by atoms with Crippen LogP contribution in [0.5, 0.6) is 0 Å². The number of hydroxylamine groups is 2. The minimum absolute atomic E-state index is 0.00229. The molecule has 31 heavy (non-hydrogen) atoms. The normalized spacial score (nSPS) is 11.6. The quantitative estimate of drug-likeness (QED) is 0.235. The summed E-state index contributed by atoms with van der Waals surface area (Å²) in [4.78, 5) is 20.7. The molecule has 0 atom stereocenters. The molecule has 11 heteroatoms. The van der Waals surface area contributed by atoms with E-state index in [9.17, 15) is 20.2 Å². The largest absolute Gasteiger partial charge is 0.351 e. The standard InChI is InChI=1S/C20H26N3O7P/c1-15(2)21(16(3)4)30-31(28-13-17-5-9-19(10-6-17)22(24)25)29-14-18-7-11-20(12-8-18)23(26)27/h5-12,15-16H,13-14H2,1-4H3. The molecular weight excluding hydrogens is 425 g/mol. The molecule has 0 heterocycles. The molecule has 0 unspecified atom stereocenters. The fraction of sp³-hybridized carbons (Fsp3) is 0.400. The third-order valence-corrected chi connectivity index (χ3v) is 5.15. The number of nitro groups is 2. The second kappa shape index (κ2) is 11.8. The first-order chi connectivity index (χ1) is 14.7. The van der Waals surface area contributed by atoms with Crippen LogP contribution < -0.4 is 0 Å². The number of rotatable bonds is 12. The van der Waals surface area contributed by atoms with E-state index in [1.165, 1.54) is 24.3 Å². The highest BCUT2D eigenvalue weighted by Crippen LogP contribution is 2.43. The molecule has 0 aliphatic carbocycles. The van der Waals surface area contributed by atoms with Crippen molar-refractivity contribution in [3.05, 3.63) is 79.9 Å². The fourth-order valence-electron chi connectivity index (χ4n) is 2.63. The van der Waals surface area contributed by atoms with Crippen LogP contribution in [-0.4, -0.2) is 27.0 Å². The molecule has 10 nitrogen and oxygen atoms in total. The Morgan fingerprint density at radius 3 is 1.42 bits per heavy atom. The number of hydrogen-bond donors (Lipinski definition) is 0. The fourth-order valence-corrected chi connectivity index (χ4v) is 3.84. The van der Waals surface area contributed by atoms with Gasteiger partial charge in [0.25, 0.3) is 11.4 Å². The van der Waals surface area contributed by atoms with Crippen molar-refractivity contribution in [2.45, 2.75) is 53.0 Å². The molecule has 0 fully saturated rings. The summed E-state index contributed by atoms with van der Waals surface area (Å²) in [6.07, 6.45) is 0. The van der Waals surface area contributed by atoms with Crippen molar-refractivity contribution < 1.29 is 23.5 Å². The first kappa shape index (κ1) is 24.8. The summed E-state index contributed by atoms with van der Waals surface area (Å²) in [6.45, 7) is 8.24. The van der Waals surface area contributed by atoms with E-state index in [0.717, 1.165) is 11.1 Å². The average Bonchev–Trinajstić information content (AvgIpc) is 2.73. The number of nitrogens with zero attached hydrogens (tertiary/aromatic N) is 3. The Morgan fingerprint density at radius 1 is 0.774 bits per heavy atom. The molecule has 0 radical (unpaired) electrons. The van der Waals surface area contributed by atoms with Crippen molar-refractivity contribution in [1.82, 2.24) is 5.06 Å². The van der Waals surface area contributed by atoms with Gasteiger partial charge in [0.2, 0.25) is 0 Å². The number of hydrogen-bond acceptors (Lipinski definition) is 8. The number of nitro benzene ring substituents is 2. The summed E-state index contributed by atoms with van der Waals surface area (Å²) in [5, 5.41) is 23.4. The molecule has 0 amide bonds. The van der Waals surface area contributed by atoms with Crippen LogP contribution in [0.15, 0.2) is 48.5 Å². The zero-order valence-corrected chi connectivity index (χ0v) is 18.7. The van der Waals surface area contributed by atoms with Gasteiger partial charge in [0.05, 0.1) is 23.1 Å². The lowest BCUT2D eigenvalue weighted by Crippen LogP contribution is -2.35. The molecule has 2 aromatic rings. The van der Waals surface area contributed by atoms with E-state index in [4.69, 9.17) is 13.7 Å². The van der Waals surface area contributed by atoms with Crippen molar-refractivity contribution in [3.8, 4) is 0 Å². The Balaban J connectivity index is 2.05. The minimum atomic E-state index is -1.79. The van der Waals surface area contributed by atoms with Gasteiger partial charge in [0.15, 0.2) is 0 Å². The topological polar surface area (TPSA) is 117 Å². The maximum absolute atomic E-state index is 10.8. The van der Waals surface area contributed by atoms with Gasteiger partial charge in [-0.05, 0) is 63.1 Å². The van der Waals surface area contributed by atoms with E-state index in [2.05, 4.69) is 0 Å². The Labute approximate surface area is 182 Å². The van der Waals surface area contributed by atoms with Crippen molar-refractivity contribution in [2.75, 3.05) is 0 Å². The molecule has 168 valence electrons. The molecule has 0 aliphatic rings. The molecule has 0 bridgehead atoms. The van der Waals surface area contributed by atoms with Gasteiger partial charge in [-0.1, -0.05) is 0 Å². The number of benzene rings is 2. The van der Waals surface area contributed by atoms with E-state index in [1.807, 2.05) is 27.7 Å². The summed E-state index contributed by atoms with van der Waals surface area (Å²) >= 11 is 0. The Hall–Kier alpha value is -2.49. The van der Waals surface area contributed by atoms with Crippen molar-refractivity contribution in [2.24, 2.45) is 0 Å². The van der Waals surface area contributed by atoms with Gasteiger partial charge in [-0.15, -0.1) is 0 Å². The highest BCUT2D eigenvalue weighted by atomic mass is 31.2. The maximum atomic E-state index is 10.8. The highest BCUT2D eigenvalue weighted by Gasteiger charge is 2.23. The lowest BCUT2D eigenvalue weighted by molar-refractivity contribution is -0.385. The molecule has 0 saturated heterocycles. The van der Waals surface area contributed by atoms with Crippen molar-refractivity contribution >= 4 is 20.0 Å². The van der Waals surface area contributed by atoms with E-state index in [1.54, 1.807) is 29.3 Å². The van der Waals surface area contributed by atoms with Crippen molar-refractivity contribution in [1.29, 1.82) is 0 Å². The summed E-state index contributed by atoms with van der Waals surface area (Å²) in [6, 6.07) is 12.3. The molecule has 0 N–H and O–H groups in total. The van der Waals surface area contributed by atoms with E-state index in [-0.39, 0.29) is 36.7 Å². The summed E-state index contributed by atoms with van der Waals surface area (Å²) in [5.41, 5.74) is 1.48. The monoisotopic (exact) mass is 451 g/mol. The molecule has 0 aliphatic heterocycles. The Morgan fingerprint density at radius 2 is 1.13 bits per heavy atom. The first-order valence-electron chi connectivity index (χ1n) is 9.66. The molecule has 2 aromatic carbocycles. The lowest BCUT2D eigenvalue weighted by atomic mass is 10.2. The van der Waals surface area contributed by atoms with Crippen LogP contribution in [0.1, 0.15) is 38.8 Å². The second-order valence-electron chi connectivity index (χ2n) is 7.25. The Kier molecular flexibility index (Phi) is 9.42. The van der Waals surface area contributed by atoms with Gasteiger partial charge < -0.3 is 9.05 Å². The zero-order chi connectivity index (χ0) is 23.0. The van der Waals surface area contributed by atoms with Gasteiger partial charge in [0.1, 0.15) is 0 Å². The van der Waals surface area contributed by atoms with Crippen LogP contribution in [0.25, 0.3) is 0 Å². The van der Waals surface area contributed by atoms with Gasteiger partial charge in [-0.3, -0.25) is 20.2 Å². The van der Waals surface area contributed by atoms with Crippen LogP contribution in [0.4, 0.5) is 11.4 Å². The first-order valence-corrected chi connectivity index (χ1v) is 10.8. The van der Waals surface area contributed by atoms with Crippen LogP contribution in [0.2, 0.25) is 0 Å². The predicted octanol–water partition coefficient (Wildman–Crippen LogP) is 5.51. The van der Waals surface area contributed by atoms with Crippen LogP contribution in [-0.2, 0) is 26.9 Å². The van der Waals surface area contributed by atoms with Gasteiger partial charge in [-0.25, -0.2) is 4.62 Å². The second-order valence-corrected chi connectivity index (χ2v) is 8.37. The van der Waals surface area contributed by atoms with E-state index >= 15 is 0 Å². The molecule has 0 spiro atoms. The summed E-state index contributed by atoms with van der Waals surface area (Å²) in [5.74, 6) is 0. The van der Waals surface area contributed by atoms with Crippen LogP contribution in [0, 0.1) is 20.2 Å². The van der Waals surface area contributed by atoms with Crippen LogP contribution in [0.3, 0.4) is 0 Å². The molecule has 2 rings (SSSR count). The smallest absolute Gasteiger partial charge is 0.306 e. The van der Waals surface area contributed by atoms with E-state index in [0.29, 0.717) is 0 Å². The summed E-state index contributed by atoms with van der Waals surface area (Å²) < 4.78 is 17.7. The molecular formula is C20H26N3O7P. The lowest BCUT2D eigenvalue weighted by Gasteiger charge is -2.31. The van der Waals surface area contributed by atoms with E-state index < -0.39 is 18.4 Å².